The molecule has 0 aromatic heterocycles. The topological polar surface area (TPSA) is 15.3 Å². The number of hydrogen-bond acceptors (Lipinski definition) is 2. The van der Waals surface area contributed by atoms with Gasteiger partial charge in [0.05, 0.1) is 0 Å². The summed E-state index contributed by atoms with van der Waals surface area (Å²) in [4.78, 5) is 2.65. The largest absolute Gasteiger partial charge is 0.315 e. The number of hydrogen-bond donors (Lipinski definition) is 1. The van der Waals surface area contributed by atoms with Gasteiger partial charge in [-0.1, -0.05) is 44.2 Å². The maximum atomic E-state index is 3.60. The molecule has 0 aliphatic heterocycles. The molecule has 1 aromatic rings. The van der Waals surface area contributed by atoms with Crippen molar-refractivity contribution in [1.82, 2.24) is 10.2 Å². The van der Waals surface area contributed by atoms with E-state index in [1.165, 1.54) is 31.4 Å². The van der Waals surface area contributed by atoms with E-state index >= 15 is 0 Å². The summed E-state index contributed by atoms with van der Waals surface area (Å²) in [5.74, 6) is 0.956. The number of benzene rings is 1. The second-order valence-electron chi connectivity index (χ2n) is 5.66. The number of rotatable bonds is 9. The first-order valence-electron chi connectivity index (χ1n) is 7.84. The van der Waals surface area contributed by atoms with Crippen LogP contribution in [0, 0.1) is 5.92 Å². The van der Waals surface area contributed by atoms with Crippen LogP contribution in [0.1, 0.15) is 44.7 Å². The molecule has 1 saturated carbocycles. The molecule has 1 aliphatic rings. The molecule has 0 radical (unpaired) electrons. The summed E-state index contributed by atoms with van der Waals surface area (Å²) >= 11 is 0. The Morgan fingerprint density at radius 1 is 1.21 bits per heavy atom. The number of nitrogens with zero attached hydrogens (tertiary/aromatic N) is 1. The van der Waals surface area contributed by atoms with Crippen molar-refractivity contribution in [1.29, 1.82) is 0 Å². The first-order chi connectivity index (χ1) is 9.35. The Morgan fingerprint density at radius 3 is 2.53 bits per heavy atom. The van der Waals surface area contributed by atoms with E-state index < -0.39 is 0 Å². The zero-order valence-corrected chi connectivity index (χ0v) is 12.4. The van der Waals surface area contributed by atoms with Crippen LogP contribution in [0.4, 0.5) is 0 Å². The maximum absolute atomic E-state index is 3.60. The van der Waals surface area contributed by atoms with E-state index in [0.29, 0.717) is 6.04 Å². The second-order valence-corrected chi connectivity index (χ2v) is 5.66. The van der Waals surface area contributed by atoms with Crippen molar-refractivity contribution in [2.24, 2.45) is 5.92 Å². The van der Waals surface area contributed by atoms with Crippen molar-refractivity contribution >= 4 is 0 Å². The van der Waals surface area contributed by atoms with Gasteiger partial charge in [-0.25, -0.2) is 0 Å². The molecule has 0 heterocycles. The first-order valence-corrected chi connectivity index (χ1v) is 7.84. The summed E-state index contributed by atoms with van der Waals surface area (Å²) in [6, 6.07) is 11.5. The van der Waals surface area contributed by atoms with Crippen LogP contribution < -0.4 is 5.32 Å². The van der Waals surface area contributed by atoms with Gasteiger partial charge in [0.2, 0.25) is 0 Å². The van der Waals surface area contributed by atoms with E-state index in [2.05, 4.69) is 54.4 Å². The average Bonchev–Trinajstić information content (AvgIpc) is 3.27. The predicted octanol–water partition coefficient (Wildman–Crippen LogP) is 3.46. The summed E-state index contributed by atoms with van der Waals surface area (Å²) in [7, 11) is 0. The monoisotopic (exact) mass is 260 g/mol. The minimum Gasteiger partial charge on any atom is -0.315 e. The Hall–Kier alpha value is -0.860. The molecule has 19 heavy (non-hydrogen) atoms. The highest BCUT2D eigenvalue weighted by molar-refractivity contribution is 5.19. The quantitative estimate of drug-likeness (QED) is 0.684. The van der Waals surface area contributed by atoms with Crippen LogP contribution in [-0.4, -0.2) is 31.1 Å². The van der Waals surface area contributed by atoms with E-state index in [9.17, 15) is 0 Å². The Morgan fingerprint density at radius 2 is 1.95 bits per heavy atom. The van der Waals surface area contributed by atoms with Gasteiger partial charge in [0.15, 0.2) is 0 Å². The average molecular weight is 260 g/mol. The molecule has 1 aliphatic carbocycles. The normalized spacial score (nSPS) is 16.8. The van der Waals surface area contributed by atoms with Crippen molar-refractivity contribution in [2.45, 2.75) is 39.2 Å². The standard InChI is InChI=1S/C17H28N2/c1-3-12-18-13-17(16-8-6-5-7-9-16)19(4-2)14-15-10-11-15/h5-9,15,17-18H,3-4,10-14H2,1-2H3. The molecule has 2 nitrogen and oxygen atoms in total. The van der Waals surface area contributed by atoms with Crippen molar-refractivity contribution in [3.63, 3.8) is 0 Å². The van der Waals surface area contributed by atoms with Crippen LogP contribution in [0.25, 0.3) is 0 Å². The smallest absolute Gasteiger partial charge is 0.0472 e. The van der Waals surface area contributed by atoms with E-state index in [1.807, 2.05) is 0 Å². The predicted molar refractivity (Wildman–Crippen MR) is 82.3 cm³/mol. The maximum Gasteiger partial charge on any atom is 0.0472 e. The van der Waals surface area contributed by atoms with Gasteiger partial charge in [0.1, 0.15) is 0 Å². The van der Waals surface area contributed by atoms with Crippen molar-refractivity contribution in [2.75, 3.05) is 26.2 Å². The van der Waals surface area contributed by atoms with Crippen LogP contribution in [0.2, 0.25) is 0 Å². The molecule has 106 valence electrons. The Balaban J connectivity index is 2.02. The molecule has 0 bridgehead atoms. The third-order valence-corrected chi connectivity index (χ3v) is 3.99. The Labute approximate surface area is 118 Å². The molecule has 0 spiro atoms. The van der Waals surface area contributed by atoms with Gasteiger partial charge < -0.3 is 5.32 Å². The second kappa shape index (κ2) is 7.66. The van der Waals surface area contributed by atoms with Gasteiger partial charge in [-0.05, 0) is 43.8 Å². The summed E-state index contributed by atoms with van der Waals surface area (Å²) in [6.45, 7) is 9.11. The lowest BCUT2D eigenvalue weighted by Crippen LogP contribution is -2.37. The van der Waals surface area contributed by atoms with Crippen molar-refractivity contribution in [3.8, 4) is 0 Å². The zero-order chi connectivity index (χ0) is 13.5. The lowest BCUT2D eigenvalue weighted by molar-refractivity contribution is 0.194. The molecule has 1 fully saturated rings. The molecule has 1 atom stereocenters. The lowest BCUT2D eigenvalue weighted by atomic mass is 10.0. The number of likely N-dealkylation sites (N-methyl/N-ethyl adjacent to an activating group) is 1. The molecule has 0 amide bonds. The van der Waals surface area contributed by atoms with Crippen LogP contribution in [0.15, 0.2) is 30.3 Å². The molecular weight excluding hydrogens is 232 g/mol. The first kappa shape index (κ1) is 14.5. The molecule has 1 N–H and O–H groups in total. The van der Waals surface area contributed by atoms with Gasteiger partial charge in [0.25, 0.3) is 0 Å². The summed E-state index contributed by atoms with van der Waals surface area (Å²) < 4.78 is 0. The highest BCUT2D eigenvalue weighted by Gasteiger charge is 2.27. The fourth-order valence-corrected chi connectivity index (χ4v) is 2.66. The van der Waals surface area contributed by atoms with E-state index in [4.69, 9.17) is 0 Å². The minimum atomic E-state index is 0.526. The zero-order valence-electron chi connectivity index (χ0n) is 12.4. The summed E-state index contributed by atoms with van der Waals surface area (Å²) in [6.07, 6.45) is 4.07. The molecular formula is C17H28N2. The molecule has 0 saturated heterocycles. The van der Waals surface area contributed by atoms with Crippen molar-refractivity contribution in [3.05, 3.63) is 35.9 Å². The Kier molecular flexibility index (Phi) is 5.87. The fourth-order valence-electron chi connectivity index (χ4n) is 2.66. The molecule has 2 heteroatoms. The third-order valence-electron chi connectivity index (χ3n) is 3.99. The van der Waals surface area contributed by atoms with E-state index in [-0.39, 0.29) is 0 Å². The van der Waals surface area contributed by atoms with E-state index in [0.717, 1.165) is 25.6 Å². The fraction of sp³-hybridized carbons (Fsp3) is 0.647. The highest BCUT2D eigenvalue weighted by atomic mass is 15.2. The van der Waals surface area contributed by atoms with Gasteiger partial charge >= 0.3 is 0 Å². The summed E-state index contributed by atoms with van der Waals surface area (Å²) in [5.41, 5.74) is 1.45. The van der Waals surface area contributed by atoms with Crippen LogP contribution >= 0.6 is 0 Å². The lowest BCUT2D eigenvalue weighted by Gasteiger charge is -2.31. The van der Waals surface area contributed by atoms with E-state index in [1.54, 1.807) is 0 Å². The van der Waals surface area contributed by atoms with Gasteiger partial charge in [-0.3, -0.25) is 4.90 Å². The highest BCUT2D eigenvalue weighted by Crippen LogP contribution is 2.32. The molecule has 1 aromatic carbocycles. The third kappa shape index (κ3) is 4.63. The Bertz CT molecular complexity index is 346. The van der Waals surface area contributed by atoms with Gasteiger partial charge in [-0.2, -0.15) is 0 Å². The molecule has 1 unspecified atom stereocenters. The SMILES string of the molecule is CCCNCC(c1ccccc1)N(CC)CC1CC1. The van der Waals surface area contributed by atoms with Crippen molar-refractivity contribution < 1.29 is 0 Å². The van der Waals surface area contributed by atoms with Gasteiger partial charge in [0, 0.05) is 19.1 Å². The van der Waals surface area contributed by atoms with Gasteiger partial charge in [-0.15, -0.1) is 0 Å². The van der Waals surface area contributed by atoms with Crippen LogP contribution in [0.3, 0.4) is 0 Å². The van der Waals surface area contributed by atoms with Crippen LogP contribution in [0.5, 0.6) is 0 Å². The summed E-state index contributed by atoms with van der Waals surface area (Å²) in [5, 5.41) is 3.60. The number of nitrogens with one attached hydrogen (secondary N) is 1. The van der Waals surface area contributed by atoms with Crippen LogP contribution in [-0.2, 0) is 0 Å². The minimum absolute atomic E-state index is 0.526. The molecule has 2 rings (SSSR count).